The summed E-state index contributed by atoms with van der Waals surface area (Å²) in [4.78, 5) is 15.8. The first kappa shape index (κ1) is 15.3. The van der Waals surface area contributed by atoms with Crippen LogP contribution in [0.2, 0.25) is 0 Å². The Labute approximate surface area is 132 Å². The minimum atomic E-state index is -1.30. The maximum atomic E-state index is 13.9. The molecule has 0 fully saturated rings. The molecule has 0 bridgehead atoms. The van der Waals surface area contributed by atoms with Gasteiger partial charge in [0.25, 0.3) is 0 Å². The van der Waals surface area contributed by atoms with Crippen LogP contribution in [0.1, 0.15) is 29.5 Å². The fourth-order valence-electron chi connectivity index (χ4n) is 3.18. The highest BCUT2D eigenvalue weighted by atomic mass is 19.1. The molecule has 2 aromatic rings. The summed E-state index contributed by atoms with van der Waals surface area (Å²) < 4.78 is 27.2. The van der Waals surface area contributed by atoms with Crippen LogP contribution in [-0.2, 0) is 10.2 Å². The molecule has 3 nitrogen and oxygen atoms in total. The van der Waals surface area contributed by atoms with Crippen LogP contribution in [0.3, 0.4) is 0 Å². The van der Waals surface area contributed by atoms with Gasteiger partial charge in [0.2, 0.25) is 0 Å². The molecule has 0 saturated heterocycles. The van der Waals surface area contributed by atoms with Crippen molar-refractivity contribution in [3.05, 3.63) is 71.1 Å². The van der Waals surface area contributed by atoms with Crippen LogP contribution < -0.4 is 0 Å². The Hall–Kier alpha value is -2.56. The van der Waals surface area contributed by atoms with Crippen molar-refractivity contribution >= 4 is 11.5 Å². The average molecular weight is 315 g/mol. The molecule has 0 amide bonds. The van der Waals surface area contributed by atoms with Gasteiger partial charge >= 0.3 is 5.97 Å². The highest BCUT2D eigenvalue weighted by molar-refractivity contribution is 5.90. The van der Waals surface area contributed by atoms with E-state index in [-0.39, 0.29) is 0 Å². The van der Waals surface area contributed by atoms with Gasteiger partial charge in [0.15, 0.2) is 0 Å². The Morgan fingerprint density at radius 1 is 1.30 bits per heavy atom. The quantitative estimate of drug-likeness (QED) is 0.935. The second-order valence-corrected chi connectivity index (χ2v) is 5.75. The van der Waals surface area contributed by atoms with Gasteiger partial charge < -0.3 is 5.11 Å². The highest BCUT2D eigenvalue weighted by Crippen LogP contribution is 2.44. The van der Waals surface area contributed by atoms with E-state index in [2.05, 4.69) is 4.98 Å². The van der Waals surface area contributed by atoms with Crippen molar-refractivity contribution < 1.29 is 18.7 Å². The number of halogens is 2. The molecule has 1 aromatic heterocycles. The molecular formula is C18H15F2NO2. The van der Waals surface area contributed by atoms with Crippen molar-refractivity contribution in [1.82, 2.24) is 4.98 Å². The molecule has 1 aliphatic carbocycles. The van der Waals surface area contributed by atoms with Crippen LogP contribution in [0.4, 0.5) is 8.78 Å². The Morgan fingerprint density at radius 2 is 2.09 bits per heavy atom. The highest BCUT2D eigenvalue weighted by Gasteiger charge is 2.43. The van der Waals surface area contributed by atoms with E-state index in [0.29, 0.717) is 35.1 Å². The topological polar surface area (TPSA) is 50.2 Å². The SMILES string of the molecule is Cc1c(F)cccc1C1(C(=O)O)C=C(c2cncc(F)c2)CC1. The Kier molecular flexibility index (Phi) is 3.72. The minimum absolute atomic E-state index is 0.304. The predicted octanol–water partition coefficient (Wildman–Crippen LogP) is 3.87. The van der Waals surface area contributed by atoms with Gasteiger partial charge in [-0.05, 0) is 54.2 Å². The molecule has 1 aromatic carbocycles. The number of allylic oxidation sites excluding steroid dienone is 1. The summed E-state index contributed by atoms with van der Waals surface area (Å²) >= 11 is 0. The van der Waals surface area contributed by atoms with Gasteiger partial charge in [0, 0.05) is 6.20 Å². The fraction of sp³-hybridized carbons (Fsp3) is 0.222. The molecule has 3 rings (SSSR count). The van der Waals surface area contributed by atoms with E-state index in [1.165, 1.54) is 24.4 Å². The summed E-state index contributed by atoms with van der Waals surface area (Å²) in [5.74, 6) is -1.94. The lowest BCUT2D eigenvalue weighted by molar-refractivity contribution is -0.141. The van der Waals surface area contributed by atoms with E-state index in [1.807, 2.05) is 0 Å². The molecule has 0 saturated carbocycles. The van der Waals surface area contributed by atoms with E-state index in [9.17, 15) is 18.7 Å². The molecular weight excluding hydrogens is 300 g/mol. The first-order valence-corrected chi connectivity index (χ1v) is 7.26. The third-order valence-corrected chi connectivity index (χ3v) is 4.41. The predicted molar refractivity (Wildman–Crippen MR) is 81.9 cm³/mol. The maximum Gasteiger partial charge on any atom is 0.318 e. The summed E-state index contributed by atoms with van der Waals surface area (Å²) in [6.07, 6.45) is 4.98. The third-order valence-electron chi connectivity index (χ3n) is 4.41. The normalized spacial score (nSPS) is 20.4. The minimum Gasteiger partial charge on any atom is -0.480 e. The first-order chi connectivity index (χ1) is 10.9. The summed E-state index contributed by atoms with van der Waals surface area (Å²) in [7, 11) is 0. The van der Waals surface area contributed by atoms with Gasteiger partial charge in [0.1, 0.15) is 17.0 Å². The molecule has 0 spiro atoms. The van der Waals surface area contributed by atoms with Crippen molar-refractivity contribution in [1.29, 1.82) is 0 Å². The first-order valence-electron chi connectivity index (χ1n) is 7.26. The lowest BCUT2D eigenvalue weighted by Crippen LogP contribution is -2.32. The van der Waals surface area contributed by atoms with Crippen LogP contribution in [0.15, 0.2) is 42.7 Å². The fourth-order valence-corrected chi connectivity index (χ4v) is 3.18. The number of carboxylic acids is 1. The van der Waals surface area contributed by atoms with Gasteiger partial charge in [0.05, 0.1) is 6.20 Å². The van der Waals surface area contributed by atoms with Crippen LogP contribution in [0.5, 0.6) is 0 Å². The smallest absolute Gasteiger partial charge is 0.318 e. The maximum absolute atomic E-state index is 13.9. The Bertz CT molecular complexity index is 816. The average Bonchev–Trinajstić information content (AvgIpc) is 2.96. The van der Waals surface area contributed by atoms with Crippen LogP contribution in [0, 0.1) is 18.6 Å². The van der Waals surface area contributed by atoms with Crippen molar-refractivity contribution in [2.45, 2.75) is 25.2 Å². The monoisotopic (exact) mass is 315 g/mol. The van der Waals surface area contributed by atoms with E-state index < -0.39 is 23.0 Å². The number of hydrogen-bond acceptors (Lipinski definition) is 2. The van der Waals surface area contributed by atoms with Gasteiger partial charge in [-0.3, -0.25) is 9.78 Å². The van der Waals surface area contributed by atoms with Crippen LogP contribution in [0.25, 0.3) is 5.57 Å². The van der Waals surface area contributed by atoms with Gasteiger partial charge in [-0.15, -0.1) is 0 Å². The number of carbonyl (C=O) groups is 1. The summed E-state index contributed by atoms with van der Waals surface area (Å²) in [5, 5.41) is 9.80. The molecule has 1 heterocycles. The lowest BCUT2D eigenvalue weighted by atomic mass is 9.78. The van der Waals surface area contributed by atoms with E-state index in [0.717, 1.165) is 6.20 Å². The Morgan fingerprint density at radius 3 is 2.78 bits per heavy atom. The number of aliphatic carboxylic acids is 1. The molecule has 1 unspecified atom stereocenters. The van der Waals surface area contributed by atoms with Gasteiger partial charge in [-0.2, -0.15) is 0 Å². The van der Waals surface area contributed by atoms with Crippen LogP contribution in [-0.4, -0.2) is 16.1 Å². The second-order valence-electron chi connectivity index (χ2n) is 5.75. The molecule has 5 heteroatoms. The third kappa shape index (κ3) is 2.52. The number of pyridine rings is 1. The van der Waals surface area contributed by atoms with Crippen molar-refractivity contribution in [2.75, 3.05) is 0 Å². The molecule has 0 radical (unpaired) electrons. The number of nitrogens with zero attached hydrogens (tertiary/aromatic N) is 1. The zero-order valence-corrected chi connectivity index (χ0v) is 12.5. The zero-order valence-electron chi connectivity index (χ0n) is 12.5. The second kappa shape index (κ2) is 5.57. The standard InChI is InChI=1S/C18H15F2NO2/c1-11-15(3-2-4-16(11)20)18(17(22)23)6-5-12(8-18)13-7-14(19)10-21-9-13/h2-4,7-10H,5-6H2,1H3,(H,22,23). The van der Waals surface area contributed by atoms with E-state index in [1.54, 1.807) is 19.1 Å². The summed E-state index contributed by atoms with van der Waals surface area (Å²) in [6.45, 7) is 1.57. The van der Waals surface area contributed by atoms with E-state index in [4.69, 9.17) is 0 Å². The Balaban J connectivity index is 2.14. The summed E-state index contributed by atoms with van der Waals surface area (Å²) in [5.41, 5.74) is 0.729. The lowest BCUT2D eigenvalue weighted by Gasteiger charge is -2.24. The summed E-state index contributed by atoms with van der Waals surface area (Å²) in [6, 6.07) is 5.79. The number of benzene rings is 1. The number of aromatic nitrogens is 1. The molecule has 1 N–H and O–H groups in total. The zero-order chi connectivity index (χ0) is 16.6. The van der Waals surface area contributed by atoms with E-state index >= 15 is 0 Å². The van der Waals surface area contributed by atoms with Crippen molar-refractivity contribution in [3.8, 4) is 0 Å². The number of carboxylic acid groups (broad SMARTS) is 1. The van der Waals surface area contributed by atoms with Gasteiger partial charge in [-0.25, -0.2) is 8.78 Å². The number of rotatable bonds is 3. The molecule has 0 aliphatic heterocycles. The molecule has 23 heavy (non-hydrogen) atoms. The van der Waals surface area contributed by atoms with Gasteiger partial charge in [-0.1, -0.05) is 18.2 Å². The number of hydrogen-bond donors (Lipinski definition) is 1. The van der Waals surface area contributed by atoms with Crippen LogP contribution >= 0.6 is 0 Å². The van der Waals surface area contributed by atoms with Crippen molar-refractivity contribution in [2.24, 2.45) is 0 Å². The molecule has 1 atom stereocenters. The molecule has 1 aliphatic rings. The van der Waals surface area contributed by atoms with Crippen molar-refractivity contribution in [3.63, 3.8) is 0 Å². The molecule has 118 valence electrons. The largest absolute Gasteiger partial charge is 0.480 e.